The van der Waals surface area contributed by atoms with E-state index in [4.69, 9.17) is 5.11 Å². The Morgan fingerprint density at radius 1 is 1.23 bits per heavy atom. The number of rotatable bonds is 5. The van der Waals surface area contributed by atoms with E-state index in [9.17, 15) is 4.79 Å². The van der Waals surface area contributed by atoms with Gasteiger partial charge in [0.25, 0.3) is 0 Å². The van der Waals surface area contributed by atoms with Gasteiger partial charge in [0.2, 0.25) is 0 Å². The van der Waals surface area contributed by atoms with Crippen molar-refractivity contribution >= 4 is 6.03 Å². The van der Waals surface area contributed by atoms with Crippen molar-refractivity contribution < 1.29 is 9.90 Å². The SMILES string of the molecule is CC(CO)N(C)C(=O)NC1CCN(CC2CCCCC2)CC1. The van der Waals surface area contributed by atoms with Gasteiger partial charge in [-0.05, 0) is 38.5 Å². The van der Waals surface area contributed by atoms with Crippen LogP contribution in [0, 0.1) is 5.92 Å². The molecule has 0 bridgehead atoms. The number of carbonyl (C=O) groups excluding carboxylic acids is 1. The molecule has 5 nitrogen and oxygen atoms in total. The molecule has 128 valence electrons. The van der Waals surface area contributed by atoms with Crippen LogP contribution in [0.25, 0.3) is 0 Å². The number of aliphatic hydroxyl groups is 1. The highest BCUT2D eigenvalue weighted by molar-refractivity contribution is 5.74. The fraction of sp³-hybridized carbons (Fsp3) is 0.941. The Kier molecular flexibility index (Phi) is 6.96. The van der Waals surface area contributed by atoms with Crippen molar-refractivity contribution in [3.63, 3.8) is 0 Å². The fourth-order valence-corrected chi connectivity index (χ4v) is 3.59. The predicted molar refractivity (Wildman–Crippen MR) is 88.9 cm³/mol. The predicted octanol–water partition coefficient (Wildman–Crippen LogP) is 2.05. The van der Waals surface area contributed by atoms with E-state index in [1.54, 1.807) is 11.9 Å². The summed E-state index contributed by atoms with van der Waals surface area (Å²) >= 11 is 0. The number of aliphatic hydroxyl groups excluding tert-OH is 1. The molecule has 22 heavy (non-hydrogen) atoms. The van der Waals surface area contributed by atoms with Crippen molar-refractivity contribution in [3.8, 4) is 0 Å². The minimum atomic E-state index is -0.133. The zero-order chi connectivity index (χ0) is 15.9. The molecular weight excluding hydrogens is 278 g/mol. The van der Waals surface area contributed by atoms with Gasteiger partial charge in [0.1, 0.15) is 0 Å². The Morgan fingerprint density at radius 2 is 1.86 bits per heavy atom. The molecule has 0 spiro atoms. The average molecular weight is 311 g/mol. The van der Waals surface area contributed by atoms with Crippen molar-refractivity contribution in [1.29, 1.82) is 0 Å². The first-order valence-electron chi connectivity index (χ1n) is 8.96. The maximum absolute atomic E-state index is 12.1. The first-order chi connectivity index (χ1) is 10.6. The van der Waals surface area contributed by atoms with Gasteiger partial charge in [0, 0.05) is 32.7 Å². The standard InChI is InChI=1S/C17H33N3O2/c1-14(13-21)19(2)17(22)18-16-8-10-20(11-9-16)12-15-6-4-3-5-7-15/h14-16,21H,3-13H2,1-2H3,(H,18,22). The van der Waals surface area contributed by atoms with Crippen LogP contribution in [0.15, 0.2) is 0 Å². The molecule has 5 heteroatoms. The Balaban J connectivity index is 1.67. The molecule has 1 unspecified atom stereocenters. The third-order valence-corrected chi connectivity index (χ3v) is 5.40. The molecule has 0 aromatic heterocycles. The molecular formula is C17H33N3O2. The zero-order valence-electron chi connectivity index (χ0n) is 14.3. The van der Waals surface area contributed by atoms with Crippen LogP contribution < -0.4 is 5.32 Å². The largest absolute Gasteiger partial charge is 0.394 e. The molecule has 2 fully saturated rings. The summed E-state index contributed by atoms with van der Waals surface area (Å²) in [4.78, 5) is 16.3. The third-order valence-electron chi connectivity index (χ3n) is 5.40. The lowest BCUT2D eigenvalue weighted by Gasteiger charge is -2.36. The number of likely N-dealkylation sites (N-methyl/N-ethyl adjacent to an activating group) is 1. The number of amides is 2. The Labute approximate surface area is 135 Å². The molecule has 2 amide bonds. The molecule has 1 saturated carbocycles. The van der Waals surface area contributed by atoms with Gasteiger partial charge in [0.05, 0.1) is 12.6 Å². The quantitative estimate of drug-likeness (QED) is 0.817. The number of nitrogens with one attached hydrogen (secondary N) is 1. The van der Waals surface area contributed by atoms with Gasteiger partial charge in [-0.1, -0.05) is 19.3 Å². The van der Waals surface area contributed by atoms with Crippen molar-refractivity contribution in [2.45, 2.75) is 64.0 Å². The summed E-state index contributed by atoms with van der Waals surface area (Å²) in [5.74, 6) is 0.899. The number of urea groups is 1. The second kappa shape index (κ2) is 8.73. The van der Waals surface area contributed by atoms with Crippen molar-refractivity contribution in [1.82, 2.24) is 15.1 Å². The molecule has 0 radical (unpaired) electrons. The highest BCUT2D eigenvalue weighted by atomic mass is 16.3. The van der Waals surface area contributed by atoms with Gasteiger partial charge in [-0.15, -0.1) is 0 Å². The Morgan fingerprint density at radius 3 is 2.45 bits per heavy atom. The molecule has 2 rings (SSSR count). The average Bonchev–Trinajstić information content (AvgIpc) is 2.56. The maximum atomic E-state index is 12.1. The number of carbonyl (C=O) groups is 1. The summed E-state index contributed by atoms with van der Waals surface area (Å²) in [7, 11) is 1.74. The lowest BCUT2D eigenvalue weighted by molar-refractivity contribution is 0.137. The van der Waals surface area contributed by atoms with Gasteiger partial charge in [-0.2, -0.15) is 0 Å². The van der Waals surface area contributed by atoms with Gasteiger partial charge < -0.3 is 20.2 Å². The summed E-state index contributed by atoms with van der Waals surface area (Å²) < 4.78 is 0. The number of hydrogen-bond donors (Lipinski definition) is 2. The topological polar surface area (TPSA) is 55.8 Å². The molecule has 1 saturated heterocycles. The first-order valence-corrected chi connectivity index (χ1v) is 8.96. The van der Waals surface area contributed by atoms with Crippen LogP contribution in [0.3, 0.4) is 0 Å². The Hall–Kier alpha value is -0.810. The summed E-state index contributed by atoms with van der Waals surface area (Å²) in [6.45, 7) is 5.31. The highest BCUT2D eigenvalue weighted by Gasteiger charge is 2.25. The van der Waals surface area contributed by atoms with E-state index < -0.39 is 0 Å². The van der Waals surface area contributed by atoms with Crippen LogP contribution in [0.2, 0.25) is 0 Å². The van der Waals surface area contributed by atoms with Gasteiger partial charge in [-0.25, -0.2) is 4.79 Å². The van der Waals surface area contributed by atoms with E-state index in [-0.39, 0.29) is 24.7 Å². The fourth-order valence-electron chi connectivity index (χ4n) is 3.59. The van der Waals surface area contributed by atoms with Crippen LogP contribution in [0.4, 0.5) is 4.79 Å². The summed E-state index contributed by atoms with van der Waals surface area (Å²) in [6, 6.07) is 0.0853. The lowest BCUT2D eigenvalue weighted by atomic mass is 9.88. The van der Waals surface area contributed by atoms with E-state index in [1.807, 2.05) is 6.92 Å². The number of likely N-dealkylation sites (tertiary alicyclic amines) is 1. The lowest BCUT2D eigenvalue weighted by Crippen LogP contribution is -2.51. The smallest absolute Gasteiger partial charge is 0.317 e. The molecule has 2 aliphatic rings. The summed E-state index contributed by atoms with van der Waals surface area (Å²) in [5.41, 5.74) is 0. The molecule has 1 heterocycles. The highest BCUT2D eigenvalue weighted by Crippen LogP contribution is 2.25. The molecule has 1 atom stereocenters. The zero-order valence-corrected chi connectivity index (χ0v) is 14.3. The Bertz CT molecular complexity index is 337. The summed E-state index contributed by atoms with van der Waals surface area (Å²) in [6.07, 6.45) is 9.13. The van der Waals surface area contributed by atoms with Crippen LogP contribution >= 0.6 is 0 Å². The molecule has 0 aromatic rings. The molecule has 0 aromatic carbocycles. The van der Waals surface area contributed by atoms with E-state index in [1.165, 1.54) is 38.6 Å². The second-order valence-electron chi connectivity index (χ2n) is 7.17. The van der Waals surface area contributed by atoms with Crippen LogP contribution in [-0.4, -0.2) is 66.3 Å². The normalized spacial score (nSPS) is 23.2. The van der Waals surface area contributed by atoms with Crippen LogP contribution in [0.5, 0.6) is 0 Å². The van der Waals surface area contributed by atoms with Crippen LogP contribution in [-0.2, 0) is 0 Å². The van der Waals surface area contributed by atoms with Gasteiger partial charge >= 0.3 is 6.03 Å². The first kappa shape index (κ1) is 17.5. The number of piperidine rings is 1. The van der Waals surface area contributed by atoms with Gasteiger partial charge in [-0.3, -0.25) is 0 Å². The molecule has 1 aliphatic carbocycles. The maximum Gasteiger partial charge on any atom is 0.317 e. The number of hydrogen-bond acceptors (Lipinski definition) is 3. The van der Waals surface area contributed by atoms with Gasteiger partial charge in [0.15, 0.2) is 0 Å². The summed E-state index contributed by atoms with van der Waals surface area (Å²) in [5, 5.41) is 12.2. The monoisotopic (exact) mass is 311 g/mol. The van der Waals surface area contributed by atoms with Crippen molar-refractivity contribution in [3.05, 3.63) is 0 Å². The minimum Gasteiger partial charge on any atom is -0.394 e. The van der Waals surface area contributed by atoms with E-state index >= 15 is 0 Å². The van der Waals surface area contributed by atoms with Crippen LogP contribution in [0.1, 0.15) is 51.9 Å². The van der Waals surface area contributed by atoms with E-state index in [0.717, 1.165) is 31.8 Å². The van der Waals surface area contributed by atoms with E-state index in [2.05, 4.69) is 10.2 Å². The van der Waals surface area contributed by atoms with E-state index in [0.29, 0.717) is 0 Å². The second-order valence-corrected chi connectivity index (χ2v) is 7.17. The third kappa shape index (κ3) is 5.13. The van der Waals surface area contributed by atoms with Crippen molar-refractivity contribution in [2.75, 3.05) is 33.3 Å². The number of nitrogens with zero attached hydrogens (tertiary/aromatic N) is 2. The van der Waals surface area contributed by atoms with Crippen molar-refractivity contribution in [2.24, 2.45) is 5.92 Å². The molecule has 1 aliphatic heterocycles. The molecule has 2 N–H and O–H groups in total. The minimum absolute atomic E-state index is 0.00372.